The number of hydrogen-bond acceptors (Lipinski definition) is 4. The van der Waals surface area contributed by atoms with Gasteiger partial charge in [-0.25, -0.2) is 9.18 Å². The third kappa shape index (κ3) is 3.09. The molecule has 0 saturated carbocycles. The number of halogens is 2. The molecule has 0 aliphatic carbocycles. The molecule has 1 unspecified atom stereocenters. The number of ether oxygens (including phenoxy) is 2. The van der Waals surface area contributed by atoms with Crippen molar-refractivity contribution >= 4 is 27.8 Å². The molecule has 1 amide bonds. The first-order valence-electron chi connectivity index (χ1n) is 8.52. The van der Waals surface area contributed by atoms with E-state index in [0.29, 0.717) is 15.8 Å². The maximum Gasteiger partial charge on any atom is 0.336 e. The molecule has 0 spiro atoms. The Morgan fingerprint density at radius 3 is 2.54 bits per heavy atom. The molecular formula is C21H19BrFNO4. The largest absolute Gasteiger partial charge is 0.497 e. The van der Waals surface area contributed by atoms with Gasteiger partial charge in [0.1, 0.15) is 11.6 Å². The quantitative estimate of drug-likeness (QED) is 0.491. The molecule has 146 valence electrons. The zero-order chi connectivity index (χ0) is 20.5. The van der Waals surface area contributed by atoms with Gasteiger partial charge in [0.05, 0.1) is 14.2 Å². The summed E-state index contributed by atoms with van der Waals surface area (Å²) < 4.78 is 24.6. The summed E-state index contributed by atoms with van der Waals surface area (Å²) in [5.41, 5.74) is -0.127. The van der Waals surface area contributed by atoms with Gasteiger partial charge in [-0.3, -0.25) is 4.79 Å². The molecule has 2 aromatic rings. The van der Waals surface area contributed by atoms with Crippen LogP contribution in [0, 0.1) is 5.82 Å². The van der Waals surface area contributed by atoms with Crippen LogP contribution < -0.4 is 4.74 Å². The molecule has 1 atom stereocenters. The van der Waals surface area contributed by atoms with Crippen molar-refractivity contribution in [2.45, 2.75) is 18.5 Å². The number of benzene rings is 2. The van der Waals surface area contributed by atoms with Gasteiger partial charge in [-0.1, -0.05) is 34.1 Å². The lowest BCUT2D eigenvalue weighted by atomic mass is 9.86. The van der Waals surface area contributed by atoms with Crippen LogP contribution in [-0.4, -0.2) is 31.0 Å². The summed E-state index contributed by atoms with van der Waals surface area (Å²) in [6, 6.07) is 9.54. The number of esters is 1. The number of hydrogen-bond donors (Lipinski definition) is 0. The van der Waals surface area contributed by atoms with Crippen LogP contribution in [0.5, 0.6) is 5.75 Å². The molecule has 1 aliphatic heterocycles. The van der Waals surface area contributed by atoms with Crippen molar-refractivity contribution in [1.29, 1.82) is 0 Å². The lowest BCUT2D eigenvalue weighted by Crippen LogP contribution is -2.49. The predicted molar refractivity (Wildman–Crippen MR) is 105 cm³/mol. The highest BCUT2D eigenvalue weighted by molar-refractivity contribution is 9.10. The Bertz CT molecular complexity index is 944. The fourth-order valence-electron chi connectivity index (χ4n) is 3.62. The van der Waals surface area contributed by atoms with E-state index in [-0.39, 0.29) is 18.5 Å². The first kappa shape index (κ1) is 20.1. The summed E-state index contributed by atoms with van der Waals surface area (Å²) in [6.07, 6.45) is 1.68. The van der Waals surface area contributed by atoms with Crippen molar-refractivity contribution < 1.29 is 23.5 Å². The molecule has 2 aromatic carbocycles. The van der Waals surface area contributed by atoms with Crippen LogP contribution in [-0.2, 0) is 21.6 Å². The Morgan fingerprint density at radius 2 is 1.96 bits per heavy atom. The molecule has 0 N–H and O–H groups in total. The zero-order valence-electron chi connectivity index (χ0n) is 15.5. The summed E-state index contributed by atoms with van der Waals surface area (Å²) in [4.78, 5) is 27.6. The van der Waals surface area contributed by atoms with Crippen molar-refractivity contribution in [3.05, 3.63) is 76.0 Å². The maximum atomic E-state index is 14.0. The Balaban J connectivity index is 2.18. The van der Waals surface area contributed by atoms with Gasteiger partial charge in [-0.15, -0.1) is 6.58 Å². The average Bonchev–Trinajstić information content (AvgIpc) is 2.91. The van der Waals surface area contributed by atoms with Crippen molar-refractivity contribution in [3.63, 3.8) is 0 Å². The average molecular weight is 448 g/mol. The molecular weight excluding hydrogens is 429 g/mol. The van der Waals surface area contributed by atoms with Crippen molar-refractivity contribution in [2.75, 3.05) is 14.2 Å². The van der Waals surface area contributed by atoms with E-state index in [9.17, 15) is 14.0 Å². The van der Waals surface area contributed by atoms with Crippen LogP contribution in [0.25, 0.3) is 0 Å². The number of amides is 1. The Morgan fingerprint density at radius 1 is 1.29 bits per heavy atom. The summed E-state index contributed by atoms with van der Waals surface area (Å²) in [6.45, 7) is 3.88. The molecule has 0 bridgehead atoms. The monoisotopic (exact) mass is 447 g/mol. The van der Waals surface area contributed by atoms with E-state index in [1.165, 1.54) is 18.1 Å². The van der Waals surface area contributed by atoms with Gasteiger partial charge in [-0.2, -0.15) is 0 Å². The first-order valence-corrected chi connectivity index (χ1v) is 9.32. The fraction of sp³-hybridized carbons (Fsp3) is 0.238. The third-order valence-electron chi connectivity index (χ3n) is 4.87. The lowest BCUT2D eigenvalue weighted by Gasteiger charge is -2.36. The van der Waals surface area contributed by atoms with E-state index >= 15 is 0 Å². The van der Waals surface area contributed by atoms with E-state index in [4.69, 9.17) is 9.47 Å². The van der Waals surface area contributed by atoms with Gasteiger partial charge < -0.3 is 14.4 Å². The van der Waals surface area contributed by atoms with Crippen molar-refractivity contribution in [2.24, 2.45) is 0 Å². The molecule has 0 saturated heterocycles. The van der Waals surface area contributed by atoms with Crippen LogP contribution in [0.1, 0.15) is 27.9 Å². The van der Waals surface area contributed by atoms with E-state index in [2.05, 4.69) is 22.5 Å². The smallest absolute Gasteiger partial charge is 0.336 e. The Hall–Kier alpha value is -2.67. The minimum Gasteiger partial charge on any atom is -0.497 e. The highest BCUT2D eigenvalue weighted by Crippen LogP contribution is 2.47. The van der Waals surface area contributed by atoms with Crippen LogP contribution in [0.15, 0.2) is 53.5 Å². The van der Waals surface area contributed by atoms with Crippen LogP contribution in [0.2, 0.25) is 0 Å². The second-order valence-corrected chi connectivity index (χ2v) is 7.25. The summed E-state index contributed by atoms with van der Waals surface area (Å²) >= 11 is 3.32. The summed E-state index contributed by atoms with van der Waals surface area (Å²) in [7, 11) is 2.83. The van der Waals surface area contributed by atoms with Gasteiger partial charge in [0.2, 0.25) is 0 Å². The third-order valence-corrected chi connectivity index (χ3v) is 5.49. The second kappa shape index (κ2) is 7.75. The molecule has 0 radical (unpaired) electrons. The number of carbonyl (C=O) groups is 2. The first-order chi connectivity index (χ1) is 13.4. The molecule has 0 aromatic heterocycles. The zero-order valence-corrected chi connectivity index (χ0v) is 17.1. The van der Waals surface area contributed by atoms with Gasteiger partial charge in [0.25, 0.3) is 5.91 Å². The topological polar surface area (TPSA) is 55.8 Å². The van der Waals surface area contributed by atoms with E-state index in [0.717, 1.165) is 11.6 Å². The molecule has 0 fully saturated rings. The lowest BCUT2D eigenvalue weighted by molar-refractivity contribution is -0.154. The number of nitrogens with zero attached hydrogens (tertiary/aromatic N) is 1. The van der Waals surface area contributed by atoms with Gasteiger partial charge in [0, 0.05) is 28.6 Å². The highest BCUT2D eigenvalue weighted by Gasteiger charge is 2.56. The maximum absolute atomic E-state index is 14.0. The number of carbonyl (C=O) groups excluding carboxylic acids is 2. The normalized spacial score (nSPS) is 18.0. The predicted octanol–water partition coefficient (Wildman–Crippen LogP) is 4.20. The molecule has 28 heavy (non-hydrogen) atoms. The number of rotatable bonds is 6. The SMILES string of the molecule is C=CCC1(C(=O)OC)c2c(Br)cc(F)cc2C(=O)N1Cc1ccc(OC)cc1. The molecule has 1 aliphatic rings. The van der Waals surface area contributed by atoms with Crippen LogP contribution in [0.3, 0.4) is 0 Å². The minimum atomic E-state index is -1.44. The van der Waals surface area contributed by atoms with Gasteiger partial charge in [-0.05, 0) is 29.8 Å². The van der Waals surface area contributed by atoms with Crippen LogP contribution in [0.4, 0.5) is 4.39 Å². The standard InChI is InChI=1S/C21H19BrFNO4/c1-4-9-21(20(26)28-3)18-16(10-14(23)11-17(18)22)19(25)24(21)12-13-5-7-15(27-2)8-6-13/h4-8,10-11H,1,9,12H2,2-3H3. The Kier molecular flexibility index (Phi) is 5.56. The van der Waals surface area contributed by atoms with Crippen molar-refractivity contribution in [1.82, 2.24) is 4.90 Å². The molecule has 3 rings (SSSR count). The number of fused-ring (bicyclic) bond motifs is 1. The van der Waals surface area contributed by atoms with Crippen LogP contribution >= 0.6 is 15.9 Å². The number of methoxy groups -OCH3 is 2. The molecule has 1 heterocycles. The van der Waals surface area contributed by atoms with E-state index in [1.807, 2.05) is 0 Å². The second-order valence-electron chi connectivity index (χ2n) is 6.39. The minimum absolute atomic E-state index is 0.124. The summed E-state index contributed by atoms with van der Waals surface area (Å²) in [5, 5.41) is 0. The van der Waals surface area contributed by atoms with Gasteiger partial charge >= 0.3 is 5.97 Å². The van der Waals surface area contributed by atoms with Gasteiger partial charge in [0.15, 0.2) is 5.54 Å². The van der Waals surface area contributed by atoms with Crippen molar-refractivity contribution in [3.8, 4) is 5.75 Å². The summed E-state index contributed by atoms with van der Waals surface area (Å²) in [5.74, 6) is -0.948. The van der Waals surface area contributed by atoms with E-state index < -0.39 is 23.2 Å². The Labute approximate surface area is 170 Å². The molecule has 5 nitrogen and oxygen atoms in total. The highest BCUT2D eigenvalue weighted by atomic mass is 79.9. The molecule has 7 heteroatoms. The van der Waals surface area contributed by atoms with E-state index in [1.54, 1.807) is 37.5 Å². The fourth-order valence-corrected chi connectivity index (χ4v) is 4.38.